The van der Waals surface area contributed by atoms with E-state index in [1.54, 1.807) is 12.3 Å². The van der Waals surface area contributed by atoms with E-state index in [2.05, 4.69) is 17.4 Å². The molecule has 3 nitrogen and oxygen atoms in total. The molecule has 0 bridgehead atoms. The van der Waals surface area contributed by atoms with E-state index >= 15 is 0 Å². The summed E-state index contributed by atoms with van der Waals surface area (Å²) in [6, 6.07) is 10.8. The molecule has 1 aliphatic rings. The normalized spacial score (nSPS) is 13.2. The molecule has 1 aromatic heterocycles. The number of nitrogens with one attached hydrogen (secondary N) is 1. The van der Waals surface area contributed by atoms with Crippen LogP contribution >= 0.6 is 0 Å². The Morgan fingerprint density at radius 2 is 2.00 bits per heavy atom. The van der Waals surface area contributed by atoms with Crippen LogP contribution in [-0.4, -0.2) is 12.5 Å². The number of amides is 1. The Labute approximate surface area is 145 Å². The molecule has 0 fully saturated rings. The molecule has 2 aromatic carbocycles. The third kappa shape index (κ3) is 3.43. The molecule has 1 heterocycles. The van der Waals surface area contributed by atoms with Gasteiger partial charge in [-0.3, -0.25) is 4.79 Å². The summed E-state index contributed by atoms with van der Waals surface area (Å²) in [6.07, 6.45) is 6.01. The van der Waals surface area contributed by atoms with Crippen molar-refractivity contribution in [3.63, 3.8) is 0 Å². The van der Waals surface area contributed by atoms with Gasteiger partial charge in [0, 0.05) is 17.5 Å². The minimum atomic E-state index is -0.249. The first-order valence-corrected chi connectivity index (χ1v) is 8.72. The van der Waals surface area contributed by atoms with Crippen LogP contribution in [-0.2, 0) is 30.5 Å². The average Bonchev–Trinajstić information content (AvgIpc) is 3.20. The Balaban J connectivity index is 1.38. The number of halogens is 1. The van der Waals surface area contributed by atoms with Crippen molar-refractivity contribution in [2.75, 3.05) is 6.54 Å². The molecule has 0 saturated heterocycles. The van der Waals surface area contributed by atoms with Gasteiger partial charge in [-0.05, 0) is 66.6 Å². The smallest absolute Gasteiger partial charge is 0.224 e. The summed E-state index contributed by atoms with van der Waals surface area (Å²) in [5.74, 6) is -0.291. The lowest BCUT2D eigenvalue weighted by Crippen LogP contribution is -2.27. The number of furan rings is 1. The number of hydrogen-bond donors (Lipinski definition) is 1. The van der Waals surface area contributed by atoms with Crippen LogP contribution in [0, 0.1) is 5.82 Å². The molecule has 1 amide bonds. The van der Waals surface area contributed by atoms with Crippen molar-refractivity contribution >= 4 is 16.9 Å². The number of benzene rings is 2. The van der Waals surface area contributed by atoms with E-state index in [9.17, 15) is 9.18 Å². The van der Waals surface area contributed by atoms with Crippen molar-refractivity contribution in [3.05, 3.63) is 70.7 Å². The van der Waals surface area contributed by atoms with Crippen LogP contribution in [0.5, 0.6) is 0 Å². The Morgan fingerprint density at radius 3 is 2.84 bits per heavy atom. The summed E-state index contributed by atoms with van der Waals surface area (Å²) in [6.45, 7) is 0.494. The molecule has 0 atom stereocenters. The van der Waals surface area contributed by atoms with Crippen molar-refractivity contribution in [2.24, 2.45) is 0 Å². The standard InChI is InChI=1S/C21H20FNO2/c22-18-6-1-3-14(9-18)7-8-23-21(24)12-17-13-25-20-11-16-5-2-4-15(16)10-19(17)20/h1,3,6,9-11,13H,2,4-5,7-8,12H2,(H,23,24). The quantitative estimate of drug-likeness (QED) is 0.766. The van der Waals surface area contributed by atoms with E-state index < -0.39 is 0 Å². The monoisotopic (exact) mass is 337 g/mol. The Kier molecular flexibility index (Phi) is 4.26. The van der Waals surface area contributed by atoms with Crippen molar-refractivity contribution in [1.82, 2.24) is 5.32 Å². The fourth-order valence-electron chi connectivity index (χ4n) is 3.56. The molecule has 1 N–H and O–H groups in total. The summed E-state index contributed by atoms with van der Waals surface area (Å²) in [5.41, 5.74) is 5.41. The Bertz CT molecular complexity index is 929. The highest BCUT2D eigenvalue weighted by molar-refractivity contribution is 5.88. The van der Waals surface area contributed by atoms with Gasteiger partial charge in [0.1, 0.15) is 11.4 Å². The molecule has 0 radical (unpaired) electrons. The molecule has 4 rings (SSSR count). The van der Waals surface area contributed by atoms with Crippen molar-refractivity contribution in [3.8, 4) is 0 Å². The highest BCUT2D eigenvalue weighted by atomic mass is 19.1. The summed E-state index contributed by atoms with van der Waals surface area (Å²) in [7, 11) is 0. The molecule has 128 valence electrons. The summed E-state index contributed by atoms with van der Waals surface area (Å²) >= 11 is 0. The van der Waals surface area contributed by atoms with Gasteiger partial charge in [-0.15, -0.1) is 0 Å². The number of aryl methyl sites for hydroxylation is 2. The fourth-order valence-corrected chi connectivity index (χ4v) is 3.56. The maximum atomic E-state index is 13.2. The van der Waals surface area contributed by atoms with Crippen molar-refractivity contribution < 1.29 is 13.6 Å². The zero-order valence-corrected chi connectivity index (χ0v) is 14.0. The van der Waals surface area contributed by atoms with E-state index in [0.717, 1.165) is 34.9 Å². The van der Waals surface area contributed by atoms with Crippen LogP contribution in [0.2, 0.25) is 0 Å². The van der Waals surface area contributed by atoms with Gasteiger partial charge in [0.25, 0.3) is 0 Å². The Morgan fingerprint density at radius 1 is 1.16 bits per heavy atom. The van der Waals surface area contributed by atoms with Crippen molar-refractivity contribution in [2.45, 2.75) is 32.1 Å². The lowest BCUT2D eigenvalue weighted by molar-refractivity contribution is -0.120. The number of carbonyl (C=O) groups excluding carboxylic acids is 1. The zero-order chi connectivity index (χ0) is 17.2. The Hall–Kier alpha value is -2.62. The highest BCUT2D eigenvalue weighted by Gasteiger charge is 2.16. The molecule has 0 aliphatic heterocycles. The lowest BCUT2D eigenvalue weighted by atomic mass is 10.0. The maximum absolute atomic E-state index is 13.2. The SMILES string of the molecule is O=C(Cc1coc2cc3c(cc12)CCC3)NCCc1cccc(F)c1. The van der Waals surface area contributed by atoms with Crippen LogP contribution in [0.3, 0.4) is 0 Å². The van der Waals surface area contributed by atoms with Gasteiger partial charge >= 0.3 is 0 Å². The number of rotatable bonds is 5. The predicted octanol–water partition coefficient (Wildman–Crippen LogP) is 3.96. The third-order valence-electron chi connectivity index (χ3n) is 4.84. The van der Waals surface area contributed by atoms with Gasteiger partial charge in [0.15, 0.2) is 0 Å². The van der Waals surface area contributed by atoms with Gasteiger partial charge in [0.05, 0.1) is 12.7 Å². The molecule has 0 unspecified atom stereocenters. The third-order valence-corrected chi connectivity index (χ3v) is 4.84. The second kappa shape index (κ2) is 6.71. The highest BCUT2D eigenvalue weighted by Crippen LogP contribution is 2.30. The minimum Gasteiger partial charge on any atom is -0.464 e. The molecule has 0 saturated carbocycles. The number of hydrogen-bond acceptors (Lipinski definition) is 2. The van der Waals surface area contributed by atoms with Gasteiger partial charge in [-0.1, -0.05) is 12.1 Å². The molecule has 0 spiro atoms. The van der Waals surface area contributed by atoms with Gasteiger partial charge in [-0.2, -0.15) is 0 Å². The zero-order valence-electron chi connectivity index (χ0n) is 14.0. The first-order valence-electron chi connectivity index (χ1n) is 8.72. The molecule has 25 heavy (non-hydrogen) atoms. The van der Waals surface area contributed by atoms with Crippen LogP contribution in [0.1, 0.15) is 28.7 Å². The molecule has 1 aliphatic carbocycles. The van der Waals surface area contributed by atoms with E-state index in [0.29, 0.717) is 19.4 Å². The molecule has 3 aromatic rings. The minimum absolute atomic E-state index is 0.0420. The lowest BCUT2D eigenvalue weighted by Gasteiger charge is -2.05. The molecule has 4 heteroatoms. The first-order chi connectivity index (χ1) is 12.2. The second-order valence-corrected chi connectivity index (χ2v) is 6.64. The van der Waals surface area contributed by atoms with E-state index in [1.807, 2.05) is 6.07 Å². The van der Waals surface area contributed by atoms with Crippen LogP contribution < -0.4 is 5.32 Å². The molecular formula is C21H20FNO2. The first kappa shape index (κ1) is 15.9. The molecular weight excluding hydrogens is 317 g/mol. The van der Waals surface area contributed by atoms with Crippen LogP contribution in [0.4, 0.5) is 4.39 Å². The van der Waals surface area contributed by atoms with Gasteiger partial charge < -0.3 is 9.73 Å². The van der Waals surface area contributed by atoms with E-state index in [-0.39, 0.29) is 11.7 Å². The van der Waals surface area contributed by atoms with E-state index in [1.165, 1.54) is 29.7 Å². The van der Waals surface area contributed by atoms with Crippen molar-refractivity contribution in [1.29, 1.82) is 0 Å². The van der Waals surface area contributed by atoms with Gasteiger partial charge in [0.2, 0.25) is 5.91 Å². The van der Waals surface area contributed by atoms with Crippen LogP contribution in [0.25, 0.3) is 11.0 Å². The summed E-state index contributed by atoms with van der Waals surface area (Å²) < 4.78 is 18.8. The van der Waals surface area contributed by atoms with E-state index in [4.69, 9.17) is 4.42 Å². The maximum Gasteiger partial charge on any atom is 0.224 e. The largest absolute Gasteiger partial charge is 0.464 e. The topological polar surface area (TPSA) is 42.2 Å². The fraction of sp³-hybridized carbons (Fsp3) is 0.286. The second-order valence-electron chi connectivity index (χ2n) is 6.64. The summed E-state index contributed by atoms with van der Waals surface area (Å²) in [4.78, 5) is 12.2. The van der Waals surface area contributed by atoms with Gasteiger partial charge in [-0.25, -0.2) is 4.39 Å². The predicted molar refractivity (Wildman–Crippen MR) is 95.1 cm³/mol. The summed E-state index contributed by atoms with van der Waals surface area (Å²) in [5, 5.41) is 3.95. The average molecular weight is 337 g/mol. The number of carbonyl (C=O) groups is 1. The van der Waals surface area contributed by atoms with Crippen LogP contribution in [0.15, 0.2) is 47.1 Å². The number of fused-ring (bicyclic) bond motifs is 2.